The number of fused-ring (bicyclic) bond motifs is 15. The minimum absolute atomic E-state index is 0.0838. The van der Waals surface area contributed by atoms with Gasteiger partial charge in [-0.2, -0.15) is 0 Å². The molecular formula is C39H63N3O9. The van der Waals surface area contributed by atoms with Crippen LogP contribution in [0.15, 0.2) is 36.5 Å². The van der Waals surface area contributed by atoms with E-state index in [1.807, 2.05) is 64.9 Å². The number of carbonyl (C=O) groups is 2. The number of ether oxygens (including phenoxy) is 5. The highest BCUT2D eigenvalue weighted by molar-refractivity contribution is 6.00. The van der Waals surface area contributed by atoms with Crippen molar-refractivity contribution < 1.29 is 43.5 Å². The third-order valence-corrected chi connectivity index (χ3v) is 11.2. The number of esters is 1. The van der Waals surface area contributed by atoms with E-state index in [-0.39, 0.29) is 37.3 Å². The number of aromatic nitrogens is 1. The maximum atomic E-state index is 14.4. The van der Waals surface area contributed by atoms with E-state index in [4.69, 9.17) is 23.7 Å². The van der Waals surface area contributed by atoms with E-state index in [0.717, 1.165) is 5.69 Å². The summed E-state index contributed by atoms with van der Waals surface area (Å²) in [6.07, 6.45) is -1.94. The standard InChI is InChI=1S/C39H63N3O9/c1-12-31-39(9,46)34-24(3)19-42(20-29-15-13-14-16-40-29)25(4)18-38(8,48-22-23(2)21-47-34)35(27(6)32(43)28(7)36(45)50-31)51-37-33(44)30(41(10)11)17-26(5)49-37/h13-16,24-28,30-31,33-35,37,44,46H,2,12,17-22H2,1,3-11H3/t24-,25+,26+,27-,28+,30-,31+,33+,34-,35+,37-,38+,39+/m0/s1. The van der Waals surface area contributed by atoms with Crippen molar-refractivity contribution in [3.8, 4) is 0 Å². The average molecular weight is 718 g/mol. The van der Waals surface area contributed by atoms with E-state index in [1.54, 1.807) is 20.0 Å². The van der Waals surface area contributed by atoms with E-state index in [1.165, 1.54) is 6.92 Å². The van der Waals surface area contributed by atoms with E-state index < -0.39 is 65.5 Å². The molecule has 13 atom stereocenters. The zero-order valence-corrected chi connectivity index (χ0v) is 32.4. The first-order valence-electron chi connectivity index (χ1n) is 18.6. The van der Waals surface area contributed by atoms with Crippen LogP contribution in [-0.2, 0) is 39.8 Å². The third-order valence-electron chi connectivity index (χ3n) is 11.2. The van der Waals surface area contributed by atoms with Gasteiger partial charge in [0.25, 0.3) is 0 Å². The van der Waals surface area contributed by atoms with Crippen LogP contribution in [0.1, 0.15) is 80.3 Å². The van der Waals surface area contributed by atoms with Crippen molar-refractivity contribution in [3.63, 3.8) is 0 Å². The van der Waals surface area contributed by atoms with Crippen molar-refractivity contribution in [2.24, 2.45) is 17.8 Å². The first kappa shape index (κ1) is 41.5. The summed E-state index contributed by atoms with van der Waals surface area (Å²) in [4.78, 5) is 37.0. The number of carbonyl (C=O) groups excluding carboxylic acids is 2. The van der Waals surface area contributed by atoms with E-state index in [0.29, 0.717) is 37.9 Å². The molecule has 0 radical (unpaired) electrons. The highest BCUT2D eigenvalue weighted by Crippen LogP contribution is 2.39. The molecule has 1 aromatic heterocycles. The lowest BCUT2D eigenvalue weighted by Crippen LogP contribution is -2.60. The van der Waals surface area contributed by atoms with E-state index >= 15 is 0 Å². The molecule has 0 amide bonds. The molecule has 0 aromatic carbocycles. The molecule has 0 spiro atoms. The fourth-order valence-corrected chi connectivity index (χ4v) is 8.25. The van der Waals surface area contributed by atoms with Crippen LogP contribution >= 0.6 is 0 Å². The molecule has 0 unspecified atom stereocenters. The highest BCUT2D eigenvalue weighted by atomic mass is 16.7. The molecule has 12 nitrogen and oxygen atoms in total. The molecule has 2 bridgehead atoms. The Morgan fingerprint density at radius 3 is 2.45 bits per heavy atom. The van der Waals surface area contributed by atoms with Gasteiger partial charge in [-0.3, -0.25) is 19.5 Å². The van der Waals surface area contributed by atoms with Crippen LogP contribution in [0.2, 0.25) is 0 Å². The fourth-order valence-electron chi connectivity index (χ4n) is 8.25. The van der Waals surface area contributed by atoms with Gasteiger partial charge in [0.2, 0.25) is 0 Å². The monoisotopic (exact) mass is 717 g/mol. The zero-order valence-electron chi connectivity index (χ0n) is 32.4. The van der Waals surface area contributed by atoms with Crippen LogP contribution in [0.4, 0.5) is 0 Å². The molecule has 288 valence electrons. The number of hydrogen-bond acceptors (Lipinski definition) is 12. The second-order valence-electron chi connectivity index (χ2n) is 16.0. The van der Waals surface area contributed by atoms with Crippen LogP contribution in [-0.4, -0.2) is 131 Å². The molecule has 5 rings (SSSR count). The Balaban J connectivity index is 1.90. The molecule has 51 heavy (non-hydrogen) atoms. The highest BCUT2D eigenvalue weighted by Gasteiger charge is 2.52. The number of Topliss-reactive ketones (excluding diaryl/α,β-unsaturated/α-hetero) is 1. The fraction of sp³-hybridized carbons (Fsp3) is 0.769. The van der Waals surface area contributed by atoms with Crippen molar-refractivity contribution in [3.05, 3.63) is 42.2 Å². The van der Waals surface area contributed by atoms with Gasteiger partial charge < -0.3 is 38.8 Å². The second-order valence-corrected chi connectivity index (χ2v) is 16.0. The second kappa shape index (κ2) is 17.2. The van der Waals surface area contributed by atoms with Gasteiger partial charge in [0.15, 0.2) is 12.1 Å². The number of aliphatic hydroxyl groups is 2. The summed E-state index contributed by atoms with van der Waals surface area (Å²) < 4.78 is 32.4. The first-order chi connectivity index (χ1) is 23.9. The zero-order chi connectivity index (χ0) is 37.8. The number of nitrogens with zero attached hydrogens (tertiary/aromatic N) is 3. The van der Waals surface area contributed by atoms with E-state index in [9.17, 15) is 19.8 Å². The van der Waals surface area contributed by atoms with Crippen LogP contribution < -0.4 is 0 Å². The lowest BCUT2D eigenvalue weighted by molar-refractivity contribution is -0.297. The Morgan fingerprint density at radius 2 is 1.82 bits per heavy atom. The summed E-state index contributed by atoms with van der Waals surface area (Å²) in [6.45, 7) is 20.1. The molecule has 4 saturated heterocycles. The maximum absolute atomic E-state index is 14.4. The van der Waals surface area contributed by atoms with Gasteiger partial charge in [0, 0.05) is 37.3 Å². The van der Waals surface area contributed by atoms with Gasteiger partial charge in [-0.05, 0) is 91.6 Å². The van der Waals surface area contributed by atoms with Gasteiger partial charge in [0.05, 0.1) is 42.8 Å². The topological polar surface area (TPSA) is 140 Å². The number of rotatable bonds is 6. The SMILES string of the molecule is C=C1CO[C@H]2[C@@H](C)CN(Cc3ccccn3)[C@H](C)C[C@@](C)(OC1)[C@H](O[C@@H]1O[C@H](C)C[C@H](N(C)C)[C@H]1O)[C@@H](C)C(=O)[C@@H](C)C(=O)O[C@H](CC)[C@@]2(C)O. The summed E-state index contributed by atoms with van der Waals surface area (Å²) in [5.41, 5.74) is -1.26. The lowest BCUT2D eigenvalue weighted by Gasteiger charge is -2.48. The largest absolute Gasteiger partial charge is 0.459 e. The number of hydrogen-bond donors (Lipinski definition) is 2. The number of likely N-dealkylation sites (N-methyl/N-ethyl adjacent to an activating group) is 1. The molecule has 0 saturated carbocycles. The maximum Gasteiger partial charge on any atom is 0.316 e. The Hall–Kier alpha value is -2.29. The van der Waals surface area contributed by atoms with Crippen molar-refractivity contribution in [2.75, 3.05) is 33.9 Å². The molecule has 0 aliphatic carbocycles. The number of aliphatic hydroxyl groups excluding tert-OH is 1. The molecule has 5 heterocycles. The normalized spacial score (nSPS) is 41.3. The van der Waals surface area contributed by atoms with Gasteiger partial charge >= 0.3 is 5.97 Å². The summed E-state index contributed by atoms with van der Waals surface area (Å²) in [5.74, 6) is -3.46. The summed E-state index contributed by atoms with van der Waals surface area (Å²) >= 11 is 0. The van der Waals surface area contributed by atoms with E-state index in [2.05, 4.69) is 23.4 Å². The van der Waals surface area contributed by atoms with Crippen LogP contribution in [0.3, 0.4) is 0 Å². The Morgan fingerprint density at radius 1 is 1.12 bits per heavy atom. The van der Waals surface area contributed by atoms with Gasteiger partial charge in [-0.25, -0.2) is 0 Å². The molecule has 4 fully saturated rings. The van der Waals surface area contributed by atoms with Gasteiger partial charge in [-0.15, -0.1) is 0 Å². The molecule has 12 heteroatoms. The van der Waals surface area contributed by atoms with Crippen LogP contribution in [0.5, 0.6) is 0 Å². The molecule has 4 aliphatic rings. The van der Waals surface area contributed by atoms with Gasteiger partial charge in [-0.1, -0.05) is 33.4 Å². The number of pyridine rings is 1. The molecular weight excluding hydrogens is 654 g/mol. The van der Waals surface area contributed by atoms with Crippen LogP contribution in [0.25, 0.3) is 0 Å². The quantitative estimate of drug-likeness (QED) is 0.252. The summed E-state index contributed by atoms with van der Waals surface area (Å²) in [5, 5.41) is 23.8. The van der Waals surface area contributed by atoms with Crippen LogP contribution in [0, 0.1) is 17.8 Å². The smallest absolute Gasteiger partial charge is 0.316 e. The summed E-state index contributed by atoms with van der Waals surface area (Å²) in [7, 11) is 3.81. The van der Waals surface area contributed by atoms with Gasteiger partial charge in [0.1, 0.15) is 23.7 Å². The Bertz CT molecular complexity index is 1330. The predicted molar refractivity (Wildman–Crippen MR) is 193 cm³/mol. The molecule has 1 aromatic rings. The van der Waals surface area contributed by atoms with Crippen molar-refractivity contribution >= 4 is 11.8 Å². The van der Waals surface area contributed by atoms with Crippen molar-refractivity contribution in [2.45, 2.75) is 141 Å². The Kier molecular flexibility index (Phi) is 14.0. The summed E-state index contributed by atoms with van der Waals surface area (Å²) in [6, 6.07) is 5.39. The molecule has 4 aliphatic heterocycles. The Labute approximate surface area is 304 Å². The van der Waals surface area contributed by atoms with Crippen molar-refractivity contribution in [1.82, 2.24) is 14.8 Å². The minimum Gasteiger partial charge on any atom is -0.459 e. The van der Waals surface area contributed by atoms with Crippen molar-refractivity contribution in [1.29, 1.82) is 0 Å². The number of ketones is 1. The predicted octanol–water partition coefficient (Wildman–Crippen LogP) is 3.77. The lowest BCUT2D eigenvalue weighted by atomic mass is 9.79. The first-order valence-corrected chi connectivity index (χ1v) is 18.6. The average Bonchev–Trinajstić information content (AvgIpc) is 3.07. The minimum atomic E-state index is -1.61. The molecule has 2 N–H and O–H groups in total. The third kappa shape index (κ3) is 9.64.